The second kappa shape index (κ2) is 3.00. The number of pyridine rings is 1. The molecule has 2 rings (SSSR count). The van der Waals surface area contributed by atoms with Gasteiger partial charge in [0, 0.05) is 6.20 Å². The van der Waals surface area contributed by atoms with E-state index in [1.54, 1.807) is 16.9 Å². The Morgan fingerprint density at radius 1 is 1.62 bits per heavy atom. The molecule has 0 aliphatic rings. The number of aryl methyl sites for hydroxylation is 1. The van der Waals surface area contributed by atoms with Gasteiger partial charge in [0.1, 0.15) is 5.52 Å². The van der Waals surface area contributed by atoms with Crippen molar-refractivity contribution >= 4 is 17.1 Å². The van der Waals surface area contributed by atoms with Crippen LogP contribution in [0.5, 0.6) is 0 Å². The van der Waals surface area contributed by atoms with Crippen molar-refractivity contribution < 1.29 is 4.39 Å². The lowest BCUT2D eigenvalue weighted by atomic mass is 10.3. The Balaban J connectivity index is 2.85. The summed E-state index contributed by atoms with van der Waals surface area (Å²) in [6, 6.07) is 1.52. The lowest BCUT2D eigenvalue weighted by Crippen LogP contribution is -1.90. The van der Waals surface area contributed by atoms with Gasteiger partial charge in [-0.1, -0.05) is 18.5 Å². The second-order valence-electron chi connectivity index (χ2n) is 2.78. The van der Waals surface area contributed by atoms with Crippen LogP contribution in [-0.2, 0) is 6.42 Å². The minimum Gasteiger partial charge on any atom is -0.303 e. The minimum absolute atomic E-state index is 0.141. The number of hydrogen-bond donors (Lipinski definition) is 0. The molecule has 0 aliphatic carbocycles. The molecule has 0 saturated carbocycles. The maximum Gasteiger partial charge on any atom is 0.167 e. The predicted molar refractivity (Wildman–Crippen MR) is 49.5 cm³/mol. The fraction of sp³-hybridized carbons (Fsp3) is 0.222. The van der Waals surface area contributed by atoms with E-state index in [0.29, 0.717) is 11.9 Å². The Morgan fingerprint density at radius 3 is 3.08 bits per heavy atom. The average molecular weight is 199 g/mol. The molecule has 0 radical (unpaired) electrons. The normalized spacial score (nSPS) is 11.0. The molecule has 4 heteroatoms. The maximum atomic E-state index is 13.5. The summed E-state index contributed by atoms with van der Waals surface area (Å²) in [4.78, 5) is 4.08. The van der Waals surface area contributed by atoms with Gasteiger partial charge in [-0.05, 0) is 12.5 Å². The molecular weight excluding hydrogens is 191 g/mol. The molecule has 2 heterocycles. The molecule has 0 atom stereocenters. The molecule has 0 fully saturated rings. The Bertz CT molecular complexity index is 450. The zero-order chi connectivity index (χ0) is 9.42. The third-order valence-corrected chi connectivity index (χ3v) is 2.30. The van der Waals surface area contributed by atoms with Gasteiger partial charge >= 0.3 is 0 Å². The minimum atomic E-state index is -0.390. The van der Waals surface area contributed by atoms with E-state index in [1.165, 1.54) is 6.07 Å². The van der Waals surface area contributed by atoms with E-state index in [4.69, 9.17) is 11.6 Å². The summed E-state index contributed by atoms with van der Waals surface area (Å²) >= 11 is 5.66. The van der Waals surface area contributed by atoms with Gasteiger partial charge in [0.25, 0.3) is 0 Å². The summed E-state index contributed by atoms with van der Waals surface area (Å²) in [7, 11) is 0. The highest BCUT2D eigenvalue weighted by molar-refractivity contribution is 6.31. The van der Waals surface area contributed by atoms with E-state index in [1.807, 2.05) is 6.92 Å². The number of hydrogen-bond acceptors (Lipinski definition) is 1. The smallest absolute Gasteiger partial charge is 0.167 e. The third kappa shape index (κ3) is 1.20. The summed E-state index contributed by atoms with van der Waals surface area (Å²) in [5, 5.41) is 0.141. The number of imidazole rings is 1. The van der Waals surface area contributed by atoms with Crippen LogP contribution >= 0.6 is 11.6 Å². The van der Waals surface area contributed by atoms with Crippen molar-refractivity contribution in [1.29, 1.82) is 0 Å². The van der Waals surface area contributed by atoms with Gasteiger partial charge < -0.3 is 4.40 Å². The summed E-state index contributed by atoms with van der Waals surface area (Å²) in [5.74, 6) is -0.390. The standard InChI is InChI=1S/C9H8ClFN2/c1-2-7-9-8(11)6(10)3-4-13(9)5-12-7/h3-5H,2H2,1H3. The molecule has 0 aliphatic heterocycles. The second-order valence-corrected chi connectivity index (χ2v) is 3.19. The van der Waals surface area contributed by atoms with Crippen molar-refractivity contribution in [3.63, 3.8) is 0 Å². The Morgan fingerprint density at radius 2 is 2.38 bits per heavy atom. The van der Waals surface area contributed by atoms with Crippen molar-refractivity contribution in [2.45, 2.75) is 13.3 Å². The number of rotatable bonds is 1. The van der Waals surface area contributed by atoms with Gasteiger partial charge in [-0.2, -0.15) is 0 Å². The first-order valence-corrected chi connectivity index (χ1v) is 4.41. The zero-order valence-corrected chi connectivity index (χ0v) is 7.85. The Labute approximate surface area is 80.0 Å². The van der Waals surface area contributed by atoms with Crippen LogP contribution < -0.4 is 0 Å². The number of aromatic nitrogens is 2. The van der Waals surface area contributed by atoms with Gasteiger partial charge in [-0.25, -0.2) is 9.37 Å². The van der Waals surface area contributed by atoms with E-state index in [2.05, 4.69) is 4.98 Å². The topological polar surface area (TPSA) is 17.3 Å². The molecule has 68 valence electrons. The monoisotopic (exact) mass is 198 g/mol. The van der Waals surface area contributed by atoms with Crippen molar-refractivity contribution in [3.05, 3.63) is 35.1 Å². The van der Waals surface area contributed by atoms with E-state index in [9.17, 15) is 4.39 Å². The molecule has 0 amide bonds. The third-order valence-electron chi connectivity index (χ3n) is 2.00. The first-order chi connectivity index (χ1) is 6.24. The molecule has 13 heavy (non-hydrogen) atoms. The van der Waals surface area contributed by atoms with E-state index < -0.39 is 5.82 Å². The molecular formula is C9H8ClFN2. The molecule has 2 aromatic rings. The van der Waals surface area contributed by atoms with Crippen molar-refractivity contribution in [2.24, 2.45) is 0 Å². The fourth-order valence-corrected chi connectivity index (χ4v) is 1.49. The van der Waals surface area contributed by atoms with Gasteiger partial charge in [0.15, 0.2) is 5.82 Å². The Kier molecular flexibility index (Phi) is 1.96. The van der Waals surface area contributed by atoms with Gasteiger partial charge in [-0.3, -0.25) is 0 Å². The summed E-state index contributed by atoms with van der Waals surface area (Å²) in [6.45, 7) is 1.93. The molecule has 0 aromatic carbocycles. The van der Waals surface area contributed by atoms with E-state index in [-0.39, 0.29) is 5.02 Å². The maximum absolute atomic E-state index is 13.5. The van der Waals surface area contributed by atoms with Crippen molar-refractivity contribution in [2.75, 3.05) is 0 Å². The average Bonchev–Trinajstić information content (AvgIpc) is 2.55. The van der Waals surface area contributed by atoms with Gasteiger partial charge in [0.2, 0.25) is 0 Å². The zero-order valence-electron chi connectivity index (χ0n) is 7.09. The lowest BCUT2D eigenvalue weighted by Gasteiger charge is -1.99. The molecule has 0 bridgehead atoms. The molecule has 0 N–H and O–H groups in total. The molecule has 2 nitrogen and oxygen atoms in total. The SMILES string of the molecule is CCc1ncn2ccc(Cl)c(F)c12. The van der Waals surface area contributed by atoms with E-state index >= 15 is 0 Å². The van der Waals surface area contributed by atoms with Gasteiger partial charge in [-0.15, -0.1) is 0 Å². The fourth-order valence-electron chi connectivity index (χ4n) is 1.34. The van der Waals surface area contributed by atoms with Crippen LogP contribution in [0, 0.1) is 5.82 Å². The first-order valence-electron chi connectivity index (χ1n) is 4.03. The van der Waals surface area contributed by atoms with Crippen molar-refractivity contribution in [1.82, 2.24) is 9.38 Å². The molecule has 0 saturated heterocycles. The molecule has 2 aromatic heterocycles. The van der Waals surface area contributed by atoms with Crippen molar-refractivity contribution in [3.8, 4) is 0 Å². The Hall–Kier alpha value is -1.09. The summed E-state index contributed by atoms with van der Waals surface area (Å²) in [6.07, 6.45) is 3.99. The first kappa shape index (κ1) is 8.51. The number of halogens is 2. The summed E-state index contributed by atoms with van der Waals surface area (Å²) in [5.41, 5.74) is 1.22. The number of fused-ring (bicyclic) bond motifs is 1. The summed E-state index contributed by atoms with van der Waals surface area (Å²) < 4.78 is 15.1. The highest BCUT2D eigenvalue weighted by Crippen LogP contribution is 2.21. The highest BCUT2D eigenvalue weighted by Gasteiger charge is 2.10. The van der Waals surface area contributed by atoms with Crippen LogP contribution in [0.25, 0.3) is 5.52 Å². The number of nitrogens with zero attached hydrogens (tertiary/aromatic N) is 2. The van der Waals surface area contributed by atoms with Crippen LogP contribution in [-0.4, -0.2) is 9.38 Å². The molecule has 0 spiro atoms. The van der Waals surface area contributed by atoms with Crippen LogP contribution in [0.4, 0.5) is 4.39 Å². The highest BCUT2D eigenvalue weighted by atomic mass is 35.5. The van der Waals surface area contributed by atoms with Crippen LogP contribution in [0.2, 0.25) is 5.02 Å². The quantitative estimate of drug-likeness (QED) is 0.689. The lowest BCUT2D eigenvalue weighted by molar-refractivity contribution is 0.632. The van der Waals surface area contributed by atoms with Crippen LogP contribution in [0.1, 0.15) is 12.6 Å². The van der Waals surface area contributed by atoms with Crippen LogP contribution in [0.3, 0.4) is 0 Å². The van der Waals surface area contributed by atoms with Gasteiger partial charge in [0.05, 0.1) is 17.0 Å². The predicted octanol–water partition coefficient (Wildman–Crippen LogP) is 2.69. The largest absolute Gasteiger partial charge is 0.303 e. The molecule has 0 unspecified atom stereocenters. The van der Waals surface area contributed by atoms with Crippen LogP contribution in [0.15, 0.2) is 18.6 Å². The van der Waals surface area contributed by atoms with E-state index in [0.717, 1.165) is 5.69 Å².